The van der Waals surface area contributed by atoms with Crippen LogP contribution in [0.15, 0.2) is 102 Å². The Balaban J connectivity index is 1.43. The molecule has 0 radical (unpaired) electrons. The van der Waals surface area contributed by atoms with Crippen LogP contribution in [-0.4, -0.2) is 24.3 Å². The van der Waals surface area contributed by atoms with E-state index >= 15 is 0 Å². The number of amides is 1. The zero-order chi connectivity index (χ0) is 26.0. The fourth-order valence-corrected chi connectivity index (χ4v) is 4.96. The molecule has 0 bridgehead atoms. The highest BCUT2D eigenvalue weighted by Gasteiger charge is 2.17. The summed E-state index contributed by atoms with van der Waals surface area (Å²) in [6.45, 7) is 4.10. The molecule has 0 aliphatic rings. The van der Waals surface area contributed by atoms with Crippen LogP contribution in [0.4, 0.5) is 11.5 Å². The highest BCUT2D eigenvalue weighted by atomic mass is 32.2. The Kier molecular flexibility index (Phi) is 6.42. The average molecular weight is 509 g/mol. The largest absolute Gasteiger partial charge is 0.322 e. The summed E-state index contributed by atoms with van der Waals surface area (Å²) in [4.78, 5) is 22.2. The van der Waals surface area contributed by atoms with Crippen molar-refractivity contribution >= 4 is 38.3 Å². The lowest BCUT2D eigenvalue weighted by atomic mass is 10.0. The maximum Gasteiger partial charge on any atom is 0.263 e. The summed E-state index contributed by atoms with van der Waals surface area (Å²) in [5.74, 6) is -0.0880. The Morgan fingerprint density at radius 2 is 1.57 bits per heavy atom. The van der Waals surface area contributed by atoms with E-state index in [-0.39, 0.29) is 16.6 Å². The van der Waals surface area contributed by atoms with Gasteiger partial charge in [0.2, 0.25) is 0 Å². The van der Waals surface area contributed by atoms with Crippen molar-refractivity contribution in [1.29, 1.82) is 0 Å². The van der Waals surface area contributed by atoms with Crippen molar-refractivity contribution < 1.29 is 13.2 Å². The average Bonchev–Trinajstić information content (AvgIpc) is 2.90. The van der Waals surface area contributed by atoms with Crippen molar-refractivity contribution in [2.45, 2.75) is 18.7 Å². The van der Waals surface area contributed by atoms with Gasteiger partial charge in [-0.25, -0.2) is 18.4 Å². The van der Waals surface area contributed by atoms with E-state index in [1.165, 1.54) is 23.9 Å². The first-order chi connectivity index (χ1) is 17.8. The van der Waals surface area contributed by atoms with Crippen LogP contribution in [0.2, 0.25) is 0 Å². The zero-order valence-corrected chi connectivity index (χ0v) is 21.1. The summed E-state index contributed by atoms with van der Waals surface area (Å²) in [6.07, 6.45) is 1.50. The maximum atomic E-state index is 13.4. The molecule has 184 valence electrons. The van der Waals surface area contributed by atoms with Crippen molar-refractivity contribution in [3.8, 4) is 11.3 Å². The third kappa shape index (κ3) is 5.19. The summed E-state index contributed by atoms with van der Waals surface area (Å²) in [5, 5.41) is 3.61. The fourth-order valence-electron chi connectivity index (χ4n) is 3.95. The minimum Gasteiger partial charge on any atom is -0.322 e. The molecule has 2 N–H and O–H groups in total. The number of benzene rings is 3. The third-order valence-corrected chi connectivity index (χ3v) is 7.46. The van der Waals surface area contributed by atoms with Gasteiger partial charge in [-0.15, -0.1) is 0 Å². The van der Waals surface area contributed by atoms with E-state index in [2.05, 4.69) is 28.0 Å². The Bertz CT molecular complexity index is 1720. The molecular formula is C29H24N4O3S. The highest BCUT2D eigenvalue weighted by molar-refractivity contribution is 7.92. The topological polar surface area (TPSA) is 101 Å². The molecule has 5 aromatic rings. The summed E-state index contributed by atoms with van der Waals surface area (Å²) >= 11 is 0. The van der Waals surface area contributed by atoms with Gasteiger partial charge < -0.3 is 5.32 Å². The maximum absolute atomic E-state index is 13.4. The number of fused-ring (bicyclic) bond motifs is 1. The molecule has 0 aliphatic heterocycles. The molecule has 0 spiro atoms. The second-order valence-electron chi connectivity index (χ2n) is 8.67. The Labute approximate surface area is 215 Å². The van der Waals surface area contributed by atoms with Gasteiger partial charge in [0.1, 0.15) is 5.82 Å². The van der Waals surface area contributed by atoms with Gasteiger partial charge >= 0.3 is 0 Å². The third-order valence-electron chi connectivity index (χ3n) is 6.09. The molecule has 2 heterocycles. The van der Waals surface area contributed by atoms with E-state index in [1.54, 1.807) is 36.4 Å². The number of nitrogens with one attached hydrogen (secondary N) is 2. The van der Waals surface area contributed by atoms with Crippen molar-refractivity contribution in [2.75, 3.05) is 10.0 Å². The van der Waals surface area contributed by atoms with Crippen molar-refractivity contribution in [2.24, 2.45) is 0 Å². The van der Waals surface area contributed by atoms with Crippen LogP contribution in [0, 0.1) is 13.8 Å². The molecule has 37 heavy (non-hydrogen) atoms. The summed E-state index contributed by atoms with van der Waals surface area (Å²) in [5.41, 5.74) is 5.62. The molecule has 8 heteroatoms. The molecule has 0 fully saturated rings. The molecule has 0 saturated carbocycles. The lowest BCUT2D eigenvalue weighted by Crippen LogP contribution is -2.15. The van der Waals surface area contributed by atoms with Gasteiger partial charge in [0, 0.05) is 22.8 Å². The van der Waals surface area contributed by atoms with Gasteiger partial charge in [-0.3, -0.25) is 9.52 Å². The molecular weight excluding hydrogens is 484 g/mol. The standard InChI is InChI=1S/C29H24N4O3S/c1-19-10-11-21(17-20(19)2)27-18-25(24-7-3-4-8-26(24)32-27)29(34)31-22-12-14-23(15-13-22)37(35,36)33-28-9-5-6-16-30-28/h3-18H,1-2H3,(H,30,33)(H,31,34). The van der Waals surface area contributed by atoms with Crippen molar-refractivity contribution in [3.05, 3.63) is 114 Å². The van der Waals surface area contributed by atoms with Gasteiger partial charge in [0.15, 0.2) is 0 Å². The number of aryl methyl sites for hydroxylation is 2. The molecule has 0 aliphatic carbocycles. The number of anilines is 2. The number of sulfonamides is 1. The Hall–Kier alpha value is -4.56. The van der Waals surface area contributed by atoms with E-state index in [4.69, 9.17) is 4.98 Å². The number of aromatic nitrogens is 2. The monoisotopic (exact) mass is 508 g/mol. The number of carbonyl (C=O) groups is 1. The van der Waals surface area contributed by atoms with E-state index in [9.17, 15) is 13.2 Å². The van der Waals surface area contributed by atoms with E-state index in [0.717, 1.165) is 16.5 Å². The zero-order valence-electron chi connectivity index (χ0n) is 20.3. The highest BCUT2D eigenvalue weighted by Crippen LogP contribution is 2.27. The van der Waals surface area contributed by atoms with Crippen LogP contribution in [0.1, 0.15) is 21.5 Å². The van der Waals surface area contributed by atoms with Gasteiger partial charge in [-0.2, -0.15) is 0 Å². The number of pyridine rings is 2. The summed E-state index contributed by atoms with van der Waals surface area (Å²) < 4.78 is 27.8. The Morgan fingerprint density at radius 1 is 0.811 bits per heavy atom. The fraction of sp³-hybridized carbons (Fsp3) is 0.0690. The Morgan fingerprint density at radius 3 is 2.30 bits per heavy atom. The summed E-state index contributed by atoms with van der Waals surface area (Å²) in [7, 11) is -3.82. The van der Waals surface area contributed by atoms with Crippen LogP contribution < -0.4 is 10.0 Å². The quantitative estimate of drug-likeness (QED) is 0.294. The number of para-hydroxylation sites is 1. The van der Waals surface area contributed by atoms with Crippen LogP contribution in [0.5, 0.6) is 0 Å². The van der Waals surface area contributed by atoms with Crippen LogP contribution in [-0.2, 0) is 10.0 Å². The van der Waals surface area contributed by atoms with Gasteiger partial charge in [-0.05, 0) is 79.6 Å². The number of hydrogen-bond acceptors (Lipinski definition) is 5. The molecule has 2 aromatic heterocycles. The first-order valence-corrected chi connectivity index (χ1v) is 13.1. The molecule has 0 saturated heterocycles. The minimum atomic E-state index is -3.82. The normalized spacial score (nSPS) is 11.3. The van der Waals surface area contributed by atoms with Crippen molar-refractivity contribution in [1.82, 2.24) is 9.97 Å². The predicted molar refractivity (Wildman–Crippen MR) is 146 cm³/mol. The van der Waals surface area contributed by atoms with Gasteiger partial charge in [0.25, 0.3) is 15.9 Å². The number of rotatable bonds is 6. The predicted octanol–water partition coefficient (Wildman–Crippen LogP) is 5.97. The van der Waals surface area contributed by atoms with Gasteiger partial charge in [0.05, 0.1) is 21.7 Å². The molecule has 7 nitrogen and oxygen atoms in total. The van der Waals surface area contributed by atoms with E-state index in [0.29, 0.717) is 22.5 Å². The molecule has 0 atom stereocenters. The first-order valence-electron chi connectivity index (χ1n) is 11.6. The first kappa shape index (κ1) is 24.1. The van der Waals surface area contributed by atoms with E-state index < -0.39 is 10.0 Å². The smallest absolute Gasteiger partial charge is 0.263 e. The number of hydrogen-bond donors (Lipinski definition) is 2. The van der Waals surface area contributed by atoms with Gasteiger partial charge in [-0.1, -0.05) is 36.4 Å². The number of nitrogens with zero attached hydrogens (tertiary/aromatic N) is 2. The molecule has 5 rings (SSSR count). The number of carbonyl (C=O) groups excluding carboxylic acids is 1. The minimum absolute atomic E-state index is 0.0579. The molecule has 0 unspecified atom stereocenters. The van der Waals surface area contributed by atoms with Crippen LogP contribution in [0.3, 0.4) is 0 Å². The van der Waals surface area contributed by atoms with Crippen LogP contribution in [0.25, 0.3) is 22.2 Å². The van der Waals surface area contributed by atoms with Crippen LogP contribution >= 0.6 is 0 Å². The van der Waals surface area contributed by atoms with Crippen molar-refractivity contribution in [3.63, 3.8) is 0 Å². The lowest BCUT2D eigenvalue weighted by Gasteiger charge is -2.12. The second-order valence-corrected chi connectivity index (χ2v) is 10.4. The SMILES string of the molecule is Cc1ccc(-c2cc(C(=O)Nc3ccc(S(=O)(=O)Nc4ccccn4)cc3)c3ccccc3n2)cc1C. The summed E-state index contributed by atoms with van der Waals surface area (Å²) in [6, 6.07) is 26.3. The molecule has 3 aromatic carbocycles. The molecule has 1 amide bonds. The lowest BCUT2D eigenvalue weighted by molar-refractivity contribution is 0.102. The second kappa shape index (κ2) is 9.83. The van der Waals surface area contributed by atoms with E-state index in [1.807, 2.05) is 43.3 Å².